The minimum absolute atomic E-state index is 0.0118. The fourth-order valence-electron chi connectivity index (χ4n) is 2.04. The second-order valence-corrected chi connectivity index (χ2v) is 4.79. The van der Waals surface area contributed by atoms with Crippen LogP contribution in [0.1, 0.15) is 34.9 Å². The molecule has 0 bridgehead atoms. The largest absolute Gasteiger partial charge is 0.481 e. The summed E-state index contributed by atoms with van der Waals surface area (Å²) in [6.07, 6.45) is 3.48. The van der Waals surface area contributed by atoms with Gasteiger partial charge < -0.3 is 15.0 Å². The van der Waals surface area contributed by atoms with E-state index in [1.54, 1.807) is 24.1 Å². The summed E-state index contributed by atoms with van der Waals surface area (Å²) < 4.78 is 1.68. The summed E-state index contributed by atoms with van der Waals surface area (Å²) in [4.78, 5) is 26.9. The normalized spacial score (nSPS) is 11.9. The van der Waals surface area contributed by atoms with Crippen LogP contribution in [0.25, 0.3) is 0 Å². The molecule has 1 atom stereocenters. The SMILES string of the molecule is Cn1cnc(C(=O)NC(CCC(=O)O)c2ccccc2)c1. The van der Waals surface area contributed by atoms with Crippen molar-refractivity contribution in [2.45, 2.75) is 18.9 Å². The first kappa shape index (κ1) is 14.8. The van der Waals surface area contributed by atoms with Crippen LogP contribution in [-0.4, -0.2) is 26.5 Å². The van der Waals surface area contributed by atoms with E-state index in [0.29, 0.717) is 12.1 Å². The standard InChI is InChI=1S/C15H17N3O3/c1-18-9-13(16-10-18)15(21)17-12(7-8-14(19)20)11-5-3-2-4-6-11/h2-6,9-10,12H,7-8H2,1H3,(H,17,21)(H,19,20). The third-order valence-corrected chi connectivity index (χ3v) is 3.09. The van der Waals surface area contributed by atoms with Gasteiger partial charge in [-0.2, -0.15) is 0 Å². The Morgan fingerprint density at radius 1 is 1.33 bits per heavy atom. The zero-order valence-corrected chi connectivity index (χ0v) is 11.7. The predicted molar refractivity (Wildman–Crippen MR) is 76.7 cm³/mol. The maximum atomic E-state index is 12.2. The average Bonchev–Trinajstić information content (AvgIpc) is 2.90. The molecule has 0 aliphatic heterocycles. The van der Waals surface area contributed by atoms with Crippen LogP contribution in [0.4, 0.5) is 0 Å². The highest BCUT2D eigenvalue weighted by atomic mass is 16.4. The molecule has 0 fully saturated rings. The number of carbonyl (C=O) groups excluding carboxylic acids is 1. The smallest absolute Gasteiger partial charge is 0.303 e. The third-order valence-electron chi connectivity index (χ3n) is 3.09. The molecule has 21 heavy (non-hydrogen) atoms. The summed E-state index contributed by atoms with van der Waals surface area (Å²) in [5.41, 5.74) is 1.19. The number of nitrogens with zero attached hydrogens (tertiary/aromatic N) is 2. The van der Waals surface area contributed by atoms with Gasteiger partial charge in [0.1, 0.15) is 5.69 Å². The molecule has 2 N–H and O–H groups in total. The van der Waals surface area contributed by atoms with Crippen molar-refractivity contribution in [3.05, 3.63) is 54.1 Å². The van der Waals surface area contributed by atoms with Crippen LogP contribution >= 0.6 is 0 Å². The Labute approximate surface area is 122 Å². The van der Waals surface area contributed by atoms with Gasteiger partial charge in [0, 0.05) is 19.7 Å². The van der Waals surface area contributed by atoms with E-state index in [1.807, 2.05) is 30.3 Å². The van der Waals surface area contributed by atoms with Crippen LogP contribution in [0.15, 0.2) is 42.9 Å². The van der Waals surface area contributed by atoms with Gasteiger partial charge in [-0.15, -0.1) is 0 Å². The second kappa shape index (κ2) is 6.69. The van der Waals surface area contributed by atoms with E-state index in [4.69, 9.17) is 5.11 Å². The lowest BCUT2D eigenvalue weighted by molar-refractivity contribution is -0.137. The van der Waals surface area contributed by atoms with E-state index < -0.39 is 5.97 Å². The van der Waals surface area contributed by atoms with Crippen LogP contribution in [0.5, 0.6) is 0 Å². The first-order chi connectivity index (χ1) is 10.1. The minimum atomic E-state index is -0.886. The molecule has 6 nitrogen and oxygen atoms in total. The lowest BCUT2D eigenvalue weighted by atomic mass is 10.0. The summed E-state index contributed by atoms with van der Waals surface area (Å²) in [6, 6.07) is 8.97. The quantitative estimate of drug-likeness (QED) is 0.847. The van der Waals surface area contributed by atoms with Gasteiger partial charge in [-0.25, -0.2) is 4.98 Å². The number of imidazole rings is 1. The van der Waals surface area contributed by atoms with Gasteiger partial charge >= 0.3 is 5.97 Å². The third kappa shape index (κ3) is 4.17. The number of aryl methyl sites for hydroxylation is 1. The summed E-state index contributed by atoms with van der Waals surface area (Å²) in [5, 5.41) is 11.7. The molecule has 1 aromatic carbocycles. The molecular formula is C15H17N3O3. The summed E-state index contributed by atoms with van der Waals surface area (Å²) in [5.74, 6) is -1.20. The average molecular weight is 287 g/mol. The van der Waals surface area contributed by atoms with Gasteiger partial charge in [-0.1, -0.05) is 30.3 Å². The second-order valence-electron chi connectivity index (χ2n) is 4.79. The van der Waals surface area contributed by atoms with Crippen LogP contribution < -0.4 is 5.32 Å². The molecule has 110 valence electrons. The molecule has 0 saturated carbocycles. The number of hydrogen-bond donors (Lipinski definition) is 2. The molecular weight excluding hydrogens is 270 g/mol. The van der Waals surface area contributed by atoms with Crippen molar-refractivity contribution in [1.82, 2.24) is 14.9 Å². The van der Waals surface area contributed by atoms with Crippen molar-refractivity contribution in [3.63, 3.8) is 0 Å². The van der Waals surface area contributed by atoms with E-state index in [1.165, 1.54) is 0 Å². The monoisotopic (exact) mass is 287 g/mol. The van der Waals surface area contributed by atoms with E-state index in [9.17, 15) is 9.59 Å². The molecule has 2 aromatic rings. The zero-order valence-electron chi connectivity index (χ0n) is 11.7. The highest BCUT2D eigenvalue weighted by Crippen LogP contribution is 2.18. The molecule has 6 heteroatoms. The van der Waals surface area contributed by atoms with E-state index in [2.05, 4.69) is 10.3 Å². The predicted octanol–water partition coefficient (Wildman–Crippen LogP) is 1.76. The summed E-state index contributed by atoms with van der Waals surface area (Å²) in [7, 11) is 1.78. The number of hydrogen-bond acceptors (Lipinski definition) is 3. The lowest BCUT2D eigenvalue weighted by Crippen LogP contribution is -2.29. The Morgan fingerprint density at radius 3 is 2.62 bits per heavy atom. The fourth-order valence-corrected chi connectivity index (χ4v) is 2.04. The fraction of sp³-hybridized carbons (Fsp3) is 0.267. The number of carbonyl (C=O) groups is 2. The van der Waals surface area contributed by atoms with Gasteiger partial charge in [-0.05, 0) is 12.0 Å². The number of benzene rings is 1. The number of aliphatic carboxylic acids is 1. The van der Waals surface area contributed by atoms with Crippen LogP contribution in [0.2, 0.25) is 0 Å². The number of carboxylic acid groups (broad SMARTS) is 1. The number of rotatable bonds is 6. The van der Waals surface area contributed by atoms with Gasteiger partial charge in [0.15, 0.2) is 0 Å². The van der Waals surface area contributed by atoms with Gasteiger partial charge in [0.25, 0.3) is 5.91 Å². The van der Waals surface area contributed by atoms with E-state index in [-0.39, 0.29) is 18.4 Å². The van der Waals surface area contributed by atoms with Crippen molar-refractivity contribution < 1.29 is 14.7 Å². The van der Waals surface area contributed by atoms with Gasteiger partial charge in [0.2, 0.25) is 0 Å². The molecule has 1 unspecified atom stereocenters. The molecule has 2 rings (SSSR count). The number of amides is 1. The molecule has 1 amide bonds. The highest BCUT2D eigenvalue weighted by molar-refractivity contribution is 5.92. The first-order valence-corrected chi connectivity index (χ1v) is 6.62. The highest BCUT2D eigenvalue weighted by Gasteiger charge is 2.18. The van der Waals surface area contributed by atoms with Crippen molar-refractivity contribution in [3.8, 4) is 0 Å². The number of carboxylic acids is 1. The van der Waals surface area contributed by atoms with Crippen molar-refractivity contribution in [2.75, 3.05) is 0 Å². The molecule has 0 spiro atoms. The van der Waals surface area contributed by atoms with E-state index in [0.717, 1.165) is 5.56 Å². The Kier molecular flexibility index (Phi) is 4.71. The summed E-state index contributed by atoms with van der Waals surface area (Å²) in [6.45, 7) is 0. The van der Waals surface area contributed by atoms with Crippen molar-refractivity contribution in [2.24, 2.45) is 7.05 Å². The lowest BCUT2D eigenvalue weighted by Gasteiger charge is -2.17. The molecule has 0 aliphatic rings. The molecule has 0 radical (unpaired) electrons. The Balaban J connectivity index is 2.12. The minimum Gasteiger partial charge on any atom is -0.481 e. The first-order valence-electron chi connectivity index (χ1n) is 6.62. The maximum absolute atomic E-state index is 12.2. The van der Waals surface area contributed by atoms with Crippen LogP contribution in [-0.2, 0) is 11.8 Å². The van der Waals surface area contributed by atoms with Crippen LogP contribution in [0.3, 0.4) is 0 Å². The summed E-state index contributed by atoms with van der Waals surface area (Å²) >= 11 is 0. The van der Waals surface area contributed by atoms with E-state index >= 15 is 0 Å². The zero-order chi connectivity index (χ0) is 15.2. The number of nitrogens with one attached hydrogen (secondary N) is 1. The molecule has 1 heterocycles. The molecule has 0 aliphatic carbocycles. The maximum Gasteiger partial charge on any atom is 0.303 e. The Hall–Kier alpha value is -2.63. The van der Waals surface area contributed by atoms with Gasteiger partial charge in [-0.3, -0.25) is 9.59 Å². The van der Waals surface area contributed by atoms with Crippen molar-refractivity contribution in [1.29, 1.82) is 0 Å². The topological polar surface area (TPSA) is 84.2 Å². The van der Waals surface area contributed by atoms with Crippen molar-refractivity contribution >= 4 is 11.9 Å². The number of aromatic nitrogens is 2. The van der Waals surface area contributed by atoms with Crippen LogP contribution in [0, 0.1) is 0 Å². The molecule has 1 aromatic heterocycles. The Bertz CT molecular complexity index is 622. The molecule has 0 saturated heterocycles. The van der Waals surface area contributed by atoms with Gasteiger partial charge in [0.05, 0.1) is 12.4 Å². The Morgan fingerprint density at radius 2 is 2.05 bits per heavy atom.